The van der Waals surface area contributed by atoms with Crippen molar-refractivity contribution in [3.63, 3.8) is 0 Å². The van der Waals surface area contributed by atoms with Gasteiger partial charge < -0.3 is 5.32 Å². The Morgan fingerprint density at radius 2 is 1.93 bits per heavy atom. The van der Waals surface area contributed by atoms with Gasteiger partial charge in [0, 0.05) is 18.2 Å². The summed E-state index contributed by atoms with van der Waals surface area (Å²) in [4.78, 5) is 11.8. The fraction of sp³-hybridized carbons (Fsp3) is 0.750. The third kappa shape index (κ3) is 2.17. The van der Waals surface area contributed by atoms with Crippen LogP contribution in [-0.4, -0.2) is 11.8 Å². The van der Waals surface area contributed by atoms with Crippen molar-refractivity contribution in [1.29, 1.82) is 0 Å². The molecule has 0 aromatic carbocycles. The van der Waals surface area contributed by atoms with Crippen LogP contribution < -0.4 is 5.32 Å². The molecule has 1 heterocycles. The van der Waals surface area contributed by atoms with E-state index in [0.717, 1.165) is 0 Å². The van der Waals surface area contributed by atoms with Crippen molar-refractivity contribution in [2.75, 3.05) is 0 Å². The zero-order valence-corrected chi connectivity index (χ0v) is 9.79. The van der Waals surface area contributed by atoms with Gasteiger partial charge in [-0.25, -0.2) is 0 Å². The molecule has 0 radical (unpaired) electrons. The van der Waals surface area contributed by atoms with Gasteiger partial charge in [0.25, 0.3) is 0 Å². The van der Waals surface area contributed by atoms with E-state index in [1.165, 1.54) is 0 Å². The molecule has 2 atom stereocenters. The number of nitrogens with one attached hydrogen (secondary N) is 1. The molecule has 0 bridgehead atoms. The minimum Gasteiger partial charge on any atom is -0.387 e. The summed E-state index contributed by atoms with van der Waals surface area (Å²) in [5.41, 5.74) is 0.0315. The topological polar surface area (TPSA) is 29.1 Å². The average Bonchev–Trinajstić information content (AvgIpc) is 2.01. The third-order valence-corrected chi connectivity index (χ3v) is 2.85. The lowest BCUT2D eigenvalue weighted by molar-refractivity contribution is -0.123. The van der Waals surface area contributed by atoms with Gasteiger partial charge in [-0.2, -0.15) is 0 Å². The molecule has 0 fully saturated rings. The first-order valence-corrected chi connectivity index (χ1v) is 5.30. The molecule has 0 saturated carbocycles. The quantitative estimate of drug-likeness (QED) is 0.696. The first-order chi connectivity index (χ1) is 6.34. The Morgan fingerprint density at radius 1 is 1.36 bits per heavy atom. The van der Waals surface area contributed by atoms with Gasteiger partial charge >= 0.3 is 0 Å². The Morgan fingerprint density at radius 3 is 2.29 bits per heavy atom. The van der Waals surface area contributed by atoms with Gasteiger partial charge in [0.05, 0.1) is 0 Å². The van der Waals surface area contributed by atoms with Crippen molar-refractivity contribution in [3.05, 3.63) is 12.3 Å². The highest BCUT2D eigenvalue weighted by molar-refractivity contribution is 5.93. The van der Waals surface area contributed by atoms with Crippen molar-refractivity contribution < 1.29 is 4.79 Å². The van der Waals surface area contributed by atoms with Gasteiger partial charge in [0.1, 0.15) is 0 Å². The van der Waals surface area contributed by atoms with Crippen LogP contribution in [0.3, 0.4) is 0 Å². The molecule has 1 aliphatic heterocycles. The number of hydrogen-bond acceptors (Lipinski definition) is 2. The van der Waals surface area contributed by atoms with Gasteiger partial charge in [-0.05, 0) is 17.4 Å². The van der Waals surface area contributed by atoms with Gasteiger partial charge in [-0.3, -0.25) is 4.79 Å². The number of carbonyl (C=O) groups excluding carboxylic acids is 1. The molecule has 0 saturated heterocycles. The SMILES string of the molecule is CC(C)C1NC=CC(=O)C1C(C)(C)C. The molecule has 0 aromatic heterocycles. The summed E-state index contributed by atoms with van der Waals surface area (Å²) in [5.74, 6) is 0.829. The summed E-state index contributed by atoms with van der Waals surface area (Å²) in [6.07, 6.45) is 3.45. The summed E-state index contributed by atoms with van der Waals surface area (Å²) >= 11 is 0. The second kappa shape index (κ2) is 3.76. The highest BCUT2D eigenvalue weighted by Crippen LogP contribution is 2.34. The second-order valence-corrected chi connectivity index (χ2v) is 5.52. The highest BCUT2D eigenvalue weighted by atomic mass is 16.1. The molecule has 0 amide bonds. The summed E-state index contributed by atoms with van der Waals surface area (Å²) in [6.45, 7) is 10.7. The maximum atomic E-state index is 11.8. The first-order valence-electron chi connectivity index (χ1n) is 5.30. The largest absolute Gasteiger partial charge is 0.387 e. The minimum atomic E-state index is 0.0315. The monoisotopic (exact) mass is 195 g/mol. The molecule has 1 rings (SSSR count). The smallest absolute Gasteiger partial charge is 0.162 e. The van der Waals surface area contributed by atoms with E-state index in [1.807, 2.05) is 0 Å². The molecule has 0 spiro atoms. The van der Waals surface area contributed by atoms with E-state index < -0.39 is 0 Å². The van der Waals surface area contributed by atoms with E-state index in [9.17, 15) is 4.79 Å². The molecule has 1 aliphatic rings. The predicted octanol–water partition coefficient (Wildman–Crippen LogP) is 2.36. The molecule has 14 heavy (non-hydrogen) atoms. The van der Waals surface area contributed by atoms with Crippen molar-refractivity contribution in [3.8, 4) is 0 Å². The molecule has 2 unspecified atom stereocenters. The molecule has 1 N–H and O–H groups in total. The van der Waals surface area contributed by atoms with E-state index in [4.69, 9.17) is 0 Å². The number of ketones is 1. The molecule has 0 aliphatic carbocycles. The van der Waals surface area contributed by atoms with Crippen molar-refractivity contribution in [2.45, 2.75) is 40.7 Å². The zero-order chi connectivity index (χ0) is 10.9. The Bertz CT molecular complexity index is 248. The summed E-state index contributed by atoms with van der Waals surface area (Å²) < 4.78 is 0. The van der Waals surface area contributed by atoms with Crippen LogP contribution in [0, 0.1) is 17.3 Å². The van der Waals surface area contributed by atoms with Crippen LogP contribution in [0.15, 0.2) is 12.3 Å². The molecule has 2 nitrogen and oxygen atoms in total. The molecule has 0 aromatic rings. The van der Waals surface area contributed by atoms with Gasteiger partial charge in [-0.15, -0.1) is 0 Å². The van der Waals surface area contributed by atoms with E-state index in [-0.39, 0.29) is 23.2 Å². The Balaban J connectivity index is 2.96. The third-order valence-electron chi connectivity index (χ3n) is 2.85. The normalized spacial score (nSPS) is 28.0. The van der Waals surface area contributed by atoms with Crippen molar-refractivity contribution in [2.24, 2.45) is 17.3 Å². The lowest BCUT2D eigenvalue weighted by atomic mass is 9.70. The first kappa shape index (κ1) is 11.3. The fourth-order valence-electron chi connectivity index (χ4n) is 2.16. The number of rotatable bonds is 1. The average molecular weight is 195 g/mol. The molecular weight excluding hydrogens is 174 g/mol. The van der Waals surface area contributed by atoms with Crippen molar-refractivity contribution in [1.82, 2.24) is 5.32 Å². The Kier molecular flexibility index (Phi) is 3.03. The lowest BCUT2D eigenvalue weighted by Gasteiger charge is -2.39. The predicted molar refractivity (Wildman–Crippen MR) is 58.9 cm³/mol. The summed E-state index contributed by atoms with van der Waals surface area (Å²) in [6, 6.07) is 0.271. The van der Waals surface area contributed by atoms with Gasteiger partial charge in [0.2, 0.25) is 0 Å². The van der Waals surface area contributed by atoms with E-state index in [2.05, 4.69) is 39.9 Å². The Hall–Kier alpha value is -0.790. The van der Waals surface area contributed by atoms with Crippen LogP contribution in [0.5, 0.6) is 0 Å². The van der Waals surface area contributed by atoms with Gasteiger partial charge in [-0.1, -0.05) is 34.6 Å². The van der Waals surface area contributed by atoms with E-state index in [0.29, 0.717) is 5.92 Å². The maximum absolute atomic E-state index is 11.8. The highest BCUT2D eigenvalue weighted by Gasteiger charge is 2.39. The van der Waals surface area contributed by atoms with E-state index in [1.54, 1.807) is 12.3 Å². The number of carbonyl (C=O) groups is 1. The van der Waals surface area contributed by atoms with Crippen LogP contribution in [0.25, 0.3) is 0 Å². The van der Waals surface area contributed by atoms with E-state index >= 15 is 0 Å². The van der Waals surface area contributed by atoms with Gasteiger partial charge in [0.15, 0.2) is 5.78 Å². The zero-order valence-electron chi connectivity index (χ0n) is 9.79. The molecular formula is C12H21NO. The van der Waals surface area contributed by atoms with Crippen LogP contribution in [0.2, 0.25) is 0 Å². The minimum absolute atomic E-state index is 0.0315. The van der Waals surface area contributed by atoms with Crippen LogP contribution >= 0.6 is 0 Å². The van der Waals surface area contributed by atoms with Crippen LogP contribution in [0.4, 0.5) is 0 Å². The fourth-order valence-corrected chi connectivity index (χ4v) is 2.16. The summed E-state index contributed by atoms with van der Waals surface area (Å²) in [7, 11) is 0. The Labute approximate surface area is 86.8 Å². The number of hydrogen-bond donors (Lipinski definition) is 1. The second-order valence-electron chi connectivity index (χ2n) is 5.52. The molecule has 2 heteroatoms. The molecule has 80 valence electrons. The maximum Gasteiger partial charge on any atom is 0.162 e. The standard InChI is InChI=1S/C12H21NO/c1-8(2)11-10(12(3,4)5)9(14)6-7-13-11/h6-8,10-11,13H,1-5H3. The van der Waals surface area contributed by atoms with Crippen LogP contribution in [-0.2, 0) is 4.79 Å². The number of allylic oxidation sites excluding steroid dienone is 1. The lowest BCUT2D eigenvalue weighted by Crippen LogP contribution is -2.49. The van der Waals surface area contributed by atoms with Crippen LogP contribution in [0.1, 0.15) is 34.6 Å². The van der Waals surface area contributed by atoms with Crippen molar-refractivity contribution >= 4 is 5.78 Å². The summed E-state index contributed by atoms with van der Waals surface area (Å²) in [5, 5.41) is 3.30.